The van der Waals surface area contributed by atoms with Gasteiger partial charge in [-0.2, -0.15) is 0 Å². The summed E-state index contributed by atoms with van der Waals surface area (Å²) < 4.78 is 16.2. The number of amides is 2. The van der Waals surface area contributed by atoms with E-state index < -0.39 is 23.8 Å². The van der Waals surface area contributed by atoms with Gasteiger partial charge in [-0.25, -0.2) is 4.79 Å². The molecule has 212 valence electrons. The van der Waals surface area contributed by atoms with Crippen molar-refractivity contribution in [3.8, 4) is 11.5 Å². The highest BCUT2D eigenvalue weighted by Crippen LogP contribution is 2.68. The van der Waals surface area contributed by atoms with E-state index in [2.05, 4.69) is 4.98 Å². The van der Waals surface area contributed by atoms with Crippen LogP contribution < -0.4 is 14.3 Å². The molecule has 2 amide bonds. The number of methoxy groups -OCH3 is 1. The Morgan fingerprint density at radius 3 is 2.58 bits per heavy atom. The van der Waals surface area contributed by atoms with E-state index in [4.69, 9.17) is 19.3 Å². The van der Waals surface area contributed by atoms with Crippen LogP contribution in [0.2, 0.25) is 0 Å². The van der Waals surface area contributed by atoms with E-state index in [1.165, 1.54) is 7.11 Å². The van der Waals surface area contributed by atoms with Gasteiger partial charge in [0, 0.05) is 22.6 Å². The number of hydrogen-bond acceptors (Lipinski definition) is 10. The molecule has 11 nitrogen and oxygen atoms in total. The maximum absolute atomic E-state index is 13.5. The Kier molecular flexibility index (Phi) is 6.89. The highest BCUT2D eigenvalue weighted by molar-refractivity contribution is 8.00. The molecule has 3 heterocycles. The number of benzene rings is 1. The van der Waals surface area contributed by atoms with Gasteiger partial charge in [0.05, 0.1) is 37.0 Å². The number of aromatic nitrogens is 1. The molecule has 7 atom stereocenters. The molecule has 1 saturated heterocycles. The lowest BCUT2D eigenvalue weighted by Gasteiger charge is -2.43. The predicted octanol–water partition coefficient (Wildman–Crippen LogP) is 2.33. The first-order valence-electron chi connectivity index (χ1n) is 13.2. The molecule has 2 bridgehead atoms. The molecule has 0 radical (unpaired) electrons. The van der Waals surface area contributed by atoms with Crippen LogP contribution in [0.5, 0.6) is 11.5 Å². The number of ether oxygens (including phenoxy) is 3. The molecule has 1 aromatic carbocycles. The quantitative estimate of drug-likeness (QED) is 0.330. The minimum atomic E-state index is -1.05. The second-order valence-electron chi connectivity index (χ2n) is 10.4. The van der Waals surface area contributed by atoms with Crippen LogP contribution in [-0.2, 0) is 23.9 Å². The van der Waals surface area contributed by atoms with Gasteiger partial charge in [0.1, 0.15) is 0 Å². The largest absolute Gasteiger partial charge is 0.493 e. The molecule has 3 fully saturated rings. The number of fused-ring (bicyclic) bond motifs is 9. The van der Waals surface area contributed by atoms with Gasteiger partial charge in [0.25, 0.3) is 0 Å². The first kappa shape index (κ1) is 26.9. The number of thioether (sulfide) groups is 1. The Labute approximate surface area is 237 Å². The summed E-state index contributed by atoms with van der Waals surface area (Å²) in [5.74, 6) is -2.60. The van der Waals surface area contributed by atoms with Gasteiger partial charge in [-0.3, -0.25) is 24.1 Å². The van der Waals surface area contributed by atoms with Gasteiger partial charge < -0.3 is 24.3 Å². The van der Waals surface area contributed by atoms with Gasteiger partial charge in [-0.15, -0.1) is 11.8 Å². The molecule has 2 aromatic rings. The summed E-state index contributed by atoms with van der Waals surface area (Å²) in [6.45, 7) is 1.58. The molecular weight excluding hydrogens is 560 g/mol. The van der Waals surface area contributed by atoms with Crippen molar-refractivity contribution in [1.29, 1.82) is 0 Å². The van der Waals surface area contributed by atoms with Crippen LogP contribution in [0.4, 0.5) is 0 Å². The topological polar surface area (TPSA) is 152 Å². The summed E-state index contributed by atoms with van der Waals surface area (Å²) in [5.41, 5.74) is 0.885. The lowest BCUT2D eigenvalue weighted by molar-refractivity contribution is -0.146. The van der Waals surface area contributed by atoms with Crippen LogP contribution in [0.25, 0.3) is 0 Å². The minimum Gasteiger partial charge on any atom is -0.493 e. The van der Waals surface area contributed by atoms with Crippen LogP contribution in [0.15, 0.2) is 28.0 Å². The van der Waals surface area contributed by atoms with E-state index in [0.717, 1.165) is 38.1 Å². The van der Waals surface area contributed by atoms with Crippen molar-refractivity contribution in [1.82, 2.24) is 9.88 Å². The molecule has 4 aliphatic rings. The molecule has 40 heavy (non-hydrogen) atoms. The summed E-state index contributed by atoms with van der Waals surface area (Å²) in [5, 5.41) is 9.91. The number of aliphatic carboxylic acids is 1. The third-order valence-electron chi connectivity index (χ3n) is 8.56. The van der Waals surface area contributed by atoms with Crippen molar-refractivity contribution in [3.63, 3.8) is 0 Å². The van der Waals surface area contributed by atoms with Crippen molar-refractivity contribution >= 4 is 46.9 Å². The maximum atomic E-state index is 13.5. The fourth-order valence-electron chi connectivity index (χ4n) is 7.22. The number of nitrogens with one attached hydrogen (secondary N) is 1. The number of thiazole rings is 1. The molecule has 2 aliphatic heterocycles. The molecule has 2 saturated carbocycles. The zero-order chi connectivity index (χ0) is 28.3. The minimum absolute atomic E-state index is 0.0101. The molecule has 0 spiro atoms. The average molecular weight is 589 g/mol. The number of nitrogens with zero attached hydrogens (tertiary/aromatic N) is 1. The number of carbonyl (C=O) groups excluding carboxylic acids is 3. The van der Waals surface area contributed by atoms with E-state index in [0.29, 0.717) is 11.5 Å². The zero-order valence-electron chi connectivity index (χ0n) is 21.8. The fourth-order valence-corrected chi connectivity index (χ4v) is 10.1. The van der Waals surface area contributed by atoms with Crippen molar-refractivity contribution < 1.29 is 38.5 Å². The number of esters is 1. The standard InChI is InChI=1S/C27H28N2O9S2/c1-3-37-17(32)10-38-14-5-4-11(8-15(14)36-2)18-19-12-9-13(22(19)39-24-23(18)40-27(35)28-24)21-20(12)25(33)29(26(21)34)7-6-16(30)31/h4-5,8,12-13,18-22H,3,6-7,9-10H2,1-2H3,(H,28,35)(H,30,31)/t12?,13?,18-,19?,20?,21?,22?/m1/s1. The number of hydrogen-bond donors (Lipinski definition) is 2. The molecule has 6 rings (SSSR count). The number of aromatic amines is 1. The monoisotopic (exact) mass is 588 g/mol. The molecule has 13 heteroatoms. The summed E-state index contributed by atoms with van der Waals surface area (Å²) in [6.07, 6.45) is 0.453. The third-order valence-corrected chi connectivity index (χ3v) is 11.2. The van der Waals surface area contributed by atoms with E-state index in [-0.39, 0.29) is 71.8 Å². The average Bonchev–Trinajstić information content (AvgIpc) is 3.65. The molecule has 1 aromatic heterocycles. The summed E-state index contributed by atoms with van der Waals surface area (Å²) in [7, 11) is 1.51. The summed E-state index contributed by atoms with van der Waals surface area (Å²) in [4.78, 5) is 67.1. The predicted molar refractivity (Wildman–Crippen MR) is 143 cm³/mol. The van der Waals surface area contributed by atoms with Crippen LogP contribution >= 0.6 is 23.1 Å². The maximum Gasteiger partial charge on any atom is 0.344 e. The number of carbonyl (C=O) groups is 4. The van der Waals surface area contributed by atoms with Gasteiger partial charge in [-0.05, 0) is 48.8 Å². The summed E-state index contributed by atoms with van der Waals surface area (Å²) in [6, 6.07) is 5.46. The Bertz CT molecular complexity index is 1450. The second-order valence-corrected chi connectivity index (χ2v) is 12.6. The van der Waals surface area contributed by atoms with E-state index in [1.807, 2.05) is 12.1 Å². The van der Waals surface area contributed by atoms with Crippen LogP contribution in [0, 0.1) is 29.6 Å². The first-order valence-corrected chi connectivity index (χ1v) is 14.9. The number of likely N-dealkylation sites (tertiary alicyclic amines) is 1. The number of imide groups is 1. The van der Waals surface area contributed by atoms with Crippen LogP contribution in [-0.4, -0.2) is 70.9 Å². The van der Waals surface area contributed by atoms with Crippen molar-refractivity contribution in [2.24, 2.45) is 29.6 Å². The van der Waals surface area contributed by atoms with Gasteiger partial charge in [0.2, 0.25) is 11.8 Å². The Morgan fingerprint density at radius 2 is 1.88 bits per heavy atom. The molecule has 2 aliphatic carbocycles. The number of carboxylic acid groups (broad SMARTS) is 1. The zero-order valence-corrected chi connectivity index (χ0v) is 23.4. The van der Waals surface area contributed by atoms with Gasteiger partial charge in [0.15, 0.2) is 18.1 Å². The summed E-state index contributed by atoms with van der Waals surface area (Å²) >= 11 is 2.73. The lowest BCUT2D eigenvalue weighted by atomic mass is 9.68. The molecule has 6 unspecified atom stereocenters. The lowest BCUT2D eigenvalue weighted by Crippen LogP contribution is -2.42. The Morgan fingerprint density at radius 1 is 1.12 bits per heavy atom. The number of H-pyrrole nitrogens is 1. The highest BCUT2D eigenvalue weighted by Gasteiger charge is 2.69. The van der Waals surface area contributed by atoms with Gasteiger partial charge in [-0.1, -0.05) is 17.4 Å². The van der Waals surface area contributed by atoms with Gasteiger partial charge >= 0.3 is 16.8 Å². The second kappa shape index (κ2) is 10.3. The van der Waals surface area contributed by atoms with E-state index >= 15 is 0 Å². The fraction of sp³-hybridized carbons (Fsp3) is 0.519. The van der Waals surface area contributed by atoms with E-state index in [1.54, 1.807) is 24.8 Å². The van der Waals surface area contributed by atoms with Crippen LogP contribution in [0.1, 0.15) is 36.1 Å². The third kappa shape index (κ3) is 4.21. The molecular formula is C27H28N2O9S2. The highest BCUT2D eigenvalue weighted by atomic mass is 32.2. The van der Waals surface area contributed by atoms with Crippen molar-refractivity contribution in [3.05, 3.63) is 38.3 Å². The normalized spacial score (nSPS) is 29.6. The van der Waals surface area contributed by atoms with Crippen LogP contribution in [0.3, 0.4) is 0 Å². The Hall–Kier alpha value is -3.32. The van der Waals surface area contributed by atoms with E-state index in [9.17, 15) is 24.0 Å². The number of carboxylic acids is 1. The number of rotatable bonds is 9. The first-order chi connectivity index (χ1) is 19.2. The smallest absolute Gasteiger partial charge is 0.344 e. The van der Waals surface area contributed by atoms with Crippen molar-refractivity contribution in [2.75, 3.05) is 26.9 Å². The van der Waals surface area contributed by atoms with Crippen molar-refractivity contribution in [2.45, 2.75) is 36.0 Å². The molecule has 2 N–H and O–H groups in total. The Balaban J connectivity index is 1.35. The SMILES string of the molecule is CCOC(=O)COc1ccc([C@H]2c3sc(=O)[nH]c3SC3C4CC(C5C(=O)N(CCC(=O)O)C(=O)C45)C32)cc1OC.